The molecule has 4 aromatic rings. The summed E-state index contributed by atoms with van der Waals surface area (Å²) in [6.45, 7) is 5.02. The van der Waals surface area contributed by atoms with Gasteiger partial charge < -0.3 is 10.6 Å². The molecule has 1 aliphatic heterocycles. The second-order valence-corrected chi connectivity index (χ2v) is 13.1. The third-order valence-electron chi connectivity index (χ3n) is 8.50. The number of rotatable bonds is 8. The lowest BCUT2D eigenvalue weighted by molar-refractivity contribution is 0.102. The second kappa shape index (κ2) is 11.9. The van der Waals surface area contributed by atoms with Gasteiger partial charge in [0.2, 0.25) is 16.0 Å². The van der Waals surface area contributed by atoms with Crippen LogP contribution < -0.4 is 10.6 Å². The normalized spacial score (nSPS) is 15.5. The van der Waals surface area contributed by atoms with Gasteiger partial charge in [0, 0.05) is 43.6 Å². The van der Waals surface area contributed by atoms with E-state index in [1.54, 1.807) is 33.3 Å². The van der Waals surface area contributed by atoms with Gasteiger partial charge in [0.25, 0.3) is 5.91 Å². The minimum Gasteiger partial charge on any atom is -0.351 e. The molecule has 10 nitrogen and oxygen atoms in total. The first-order valence-electron chi connectivity index (χ1n) is 15.0. The maximum Gasteiger partial charge on any atom is 0.276 e. The molecule has 0 spiro atoms. The van der Waals surface area contributed by atoms with Crippen LogP contribution in [0.2, 0.25) is 0 Å². The highest BCUT2D eigenvalue weighted by Gasteiger charge is 2.31. The average molecular weight is 600 g/mol. The van der Waals surface area contributed by atoms with Crippen LogP contribution in [0.5, 0.6) is 0 Å². The van der Waals surface area contributed by atoms with Crippen molar-refractivity contribution < 1.29 is 13.2 Å². The van der Waals surface area contributed by atoms with Crippen LogP contribution in [0.25, 0.3) is 11.4 Å². The quantitative estimate of drug-likeness (QED) is 0.303. The van der Waals surface area contributed by atoms with Crippen LogP contribution in [0.3, 0.4) is 0 Å². The van der Waals surface area contributed by atoms with Crippen LogP contribution in [-0.4, -0.2) is 57.5 Å². The van der Waals surface area contributed by atoms with E-state index in [2.05, 4.69) is 46.7 Å². The number of sulfonamides is 1. The molecule has 0 radical (unpaired) electrons. The number of nitrogens with zero attached hydrogens (tertiary/aromatic N) is 5. The van der Waals surface area contributed by atoms with Crippen molar-refractivity contribution in [2.75, 3.05) is 23.7 Å². The lowest BCUT2D eigenvalue weighted by Gasteiger charge is -2.31. The third-order valence-corrected chi connectivity index (χ3v) is 10.4. The molecule has 0 atom stereocenters. The Morgan fingerprint density at radius 3 is 2.35 bits per heavy atom. The minimum absolute atomic E-state index is 0.0441. The molecular formula is C32H37N7O3S. The van der Waals surface area contributed by atoms with Crippen molar-refractivity contribution in [2.45, 2.75) is 63.3 Å². The van der Waals surface area contributed by atoms with Crippen LogP contribution >= 0.6 is 0 Å². The maximum atomic E-state index is 13.6. The molecule has 1 fully saturated rings. The highest BCUT2D eigenvalue weighted by molar-refractivity contribution is 7.89. The van der Waals surface area contributed by atoms with Crippen molar-refractivity contribution in [1.82, 2.24) is 24.1 Å². The van der Waals surface area contributed by atoms with E-state index in [-0.39, 0.29) is 11.9 Å². The smallest absolute Gasteiger partial charge is 0.276 e. The molecule has 2 N–H and O–H groups in total. The summed E-state index contributed by atoms with van der Waals surface area (Å²) in [4.78, 5) is 23.4. The predicted octanol–water partition coefficient (Wildman–Crippen LogP) is 4.62. The largest absolute Gasteiger partial charge is 0.351 e. The third kappa shape index (κ3) is 5.54. The Morgan fingerprint density at radius 1 is 0.977 bits per heavy atom. The van der Waals surface area contributed by atoms with E-state index in [9.17, 15) is 13.2 Å². The Kier molecular flexibility index (Phi) is 8.02. The van der Waals surface area contributed by atoms with E-state index in [1.165, 1.54) is 0 Å². The summed E-state index contributed by atoms with van der Waals surface area (Å²) in [6.07, 6.45) is 6.19. The molecule has 1 amide bonds. The van der Waals surface area contributed by atoms with Crippen LogP contribution in [0, 0.1) is 0 Å². The standard InChI is InChI=1S/C32H37N7O3S/c1-4-21-10-9-11-22(5-2)27(21)35-31(40)29-26-15-14-23-20-33-32(36-28(23)30(26)38(3)37-29)34-24-16-18-39(19-17-24)43(41,42)25-12-7-6-8-13-25/h6-13,20,24H,4-5,14-19H2,1-3H3,(H,35,40)(H,33,34,36). The number of nitrogens with one attached hydrogen (secondary N) is 2. The number of amides is 1. The van der Waals surface area contributed by atoms with Gasteiger partial charge in [-0.1, -0.05) is 50.2 Å². The second-order valence-electron chi connectivity index (χ2n) is 11.1. The van der Waals surface area contributed by atoms with Gasteiger partial charge in [-0.2, -0.15) is 9.40 Å². The number of piperidine rings is 1. The van der Waals surface area contributed by atoms with Crippen molar-refractivity contribution in [3.63, 3.8) is 0 Å². The van der Waals surface area contributed by atoms with E-state index in [1.807, 2.05) is 25.4 Å². The summed E-state index contributed by atoms with van der Waals surface area (Å²) >= 11 is 0. The summed E-state index contributed by atoms with van der Waals surface area (Å²) in [5, 5.41) is 11.3. The van der Waals surface area contributed by atoms with Gasteiger partial charge in [-0.25, -0.2) is 18.4 Å². The lowest BCUT2D eigenvalue weighted by atomic mass is 9.93. The molecule has 0 bridgehead atoms. The zero-order valence-corrected chi connectivity index (χ0v) is 25.6. The molecule has 0 unspecified atom stereocenters. The number of carbonyl (C=O) groups is 1. The van der Waals surface area contributed by atoms with E-state index < -0.39 is 10.0 Å². The Morgan fingerprint density at radius 2 is 1.67 bits per heavy atom. The molecule has 2 aromatic carbocycles. The van der Waals surface area contributed by atoms with Gasteiger partial charge in [0.05, 0.1) is 16.3 Å². The molecule has 0 saturated carbocycles. The lowest BCUT2D eigenvalue weighted by Crippen LogP contribution is -2.42. The van der Waals surface area contributed by atoms with Crippen molar-refractivity contribution in [3.8, 4) is 11.4 Å². The molecule has 3 heterocycles. The highest BCUT2D eigenvalue weighted by atomic mass is 32.2. The number of aryl methyl sites for hydroxylation is 4. The zero-order valence-electron chi connectivity index (χ0n) is 24.8. The average Bonchev–Trinajstić information content (AvgIpc) is 3.38. The Hall–Kier alpha value is -4.09. The molecule has 43 heavy (non-hydrogen) atoms. The van der Waals surface area contributed by atoms with E-state index in [4.69, 9.17) is 4.98 Å². The van der Waals surface area contributed by atoms with Crippen LogP contribution in [0.1, 0.15) is 59.4 Å². The fraction of sp³-hybridized carbons (Fsp3) is 0.375. The summed E-state index contributed by atoms with van der Waals surface area (Å²) in [7, 11) is -1.66. The first-order chi connectivity index (χ1) is 20.8. The summed E-state index contributed by atoms with van der Waals surface area (Å²) in [5.41, 5.74) is 7.04. The number of para-hydroxylation sites is 1. The first kappa shape index (κ1) is 29.0. The molecule has 1 aliphatic carbocycles. The fourth-order valence-corrected chi connectivity index (χ4v) is 7.64. The summed E-state index contributed by atoms with van der Waals surface area (Å²) < 4.78 is 29.3. The van der Waals surface area contributed by atoms with E-state index in [0.717, 1.165) is 58.6 Å². The first-order valence-corrected chi connectivity index (χ1v) is 16.4. The minimum atomic E-state index is -3.51. The molecular weight excluding hydrogens is 562 g/mol. The van der Waals surface area contributed by atoms with Crippen molar-refractivity contribution >= 4 is 27.6 Å². The zero-order chi connectivity index (χ0) is 30.1. The van der Waals surface area contributed by atoms with Crippen molar-refractivity contribution in [2.24, 2.45) is 7.05 Å². The number of benzene rings is 2. The Balaban J connectivity index is 1.19. The van der Waals surface area contributed by atoms with Crippen LogP contribution in [0.15, 0.2) is 59.6 Å². The van der Waals surface area contributed by atoms with Gasteiger partial charge in [0.1, 0.15) is 0 Å². The molecule has 6 rings (SSSR count). The van der Waals surface area contributed by atoms with Gasteiger partial charge >= 0.3 is 0 Å². The highest BCUT2D eigenvalue weighted by Crippen LogP contribution is 2.35. The molecule has 1 saturated heterocycles. The number of fused-ring (bicyclic) bond motifs is 3. The molecule has 2 aromatic heterocycles. The number of hydrogen-bond donors (Lipinski definition) is 2. The van der Waals surface area contributed by atoms with E-state index >= 15 is 0 Å². The maximum absolute atomic E-state index is 13.6. The number of carbonyl (C=O) groups excluding carboxylic acids is 1. The van der Waals surface area contributed by atoms with Gasteiger partial charge in [-0.05, 0) is 67.3 Å². The fourth-order valence-electron chi connectivity index (χ4n) is 6.15. The SMILES string of the molecule is CCc1cccc(CC)c1NC(=O)c1nn(C)c2c1CCc1cnc(NC3CCN(S(=O)(=O)c4ccccc4)CC3)nc1-2. The summed E-state index contributed by atoms with van der Waals surface area (Å²) in [6, 6.07) is 14.7. The molecule has 2 aliphatic rings. The van der Waals surface area contributed by atoms with Crippen LogP contribution in [0.4, 0.5) is 11.6 Å². The van der Waals surface area contributed by atoms with Crippen molar-refractivity contribution in [3.05, 3.63) is 82.7 Å². The monoisotopic (exact) mass is 599 g/mol. The number of aromatic nitrogens is 4. The molecule has 224 valence electrons. The van der Waals surface area contributed by atoms with Crippen molar-refractivity contribution in [1.29, 1.82) is 0 Å². The van der Waals surface area contributed by atoms with Crippen LogP contribution in [-0.2, 0) is 42.8 Å². The Bertz CT molecular complexity index is 1740. The van der Waals surface area contributed by atoms with Gasteiger partial charge in [0.15, 0.2) is 5.69 Å². The molecule has 11 heteroatoms. The summed E-state index contributed by atoms with van der Waals surface area (Å²) in [5.74, 6) is 0.285. The van der Waals surface area contributed by atoms with E-state index in [0.29, 0.717) is 48.9 Å². The van der Waals surface area contributed by atoms with Gasteiger partial charge in [-0.15, -0.1) is 0 Å². The Labute approximate surface area is 252 Å². The number of hydrogen-bond acceptors (Lipinski definition) is 7. The predicted molar refractivity (Wildman–Crippen MR) is 167 cm³/mol. The number of anilines is 2. The van der Waals surface area contributed by atoms with Gasteiger partial charge in [-0.3, -0.25) is 9.48 Å². The topological polar surface area (TPSA) is 122 Å².